The van der Waals surface area contributed by atoms with Crippen LogP contribution in [-0.2, 0) is 14.2 Å². The molecule has 0 N–H and O–H groups in total. The quantitative estimate of drug-likeness (QED) is 0.319. The van der Waals surface area contributed by atoms with Crippen molar-refractivity contribution in [3.8, 4) is 0 Å². The summed E-state index contributed by atoms with van der Waals surface area (Å²) >= 11 is 0. The van der Waals surface area contributed by atoms with Crippen LogP contribution in [0, 0.1) is 0 Å². The van der Waals surface area contributed by atoms with Gasteiger partial charge in [0, 0.05) is 7.11 Å². The van der Waals surface area contributed by atoms with E-state index in [4.69, 9.17) is 14.2 Å². The van der Waals surface area contributed by atoms with Crippen molar-refractivity contribution in [1.29, 1.82) is 0 Å². The highest BCUT2D eigenvalue weighted by molar-refractivity contribution is 4.49. The molecule has 0 spiro atoms. The minimum atomic E-state index is -0.229. The van der Waals surface area contributed by atoms with Crippen LogP contribution in [0.2, 0.25) is 0 Å². The van der Waals surface area contributed by atoms with Crippen LogP contribution in [0.15, 0.2) is 12.8 Å². The van der Waals surface area contributed by atoms with Gasteiger partial charge in [-0.2, -0.15) is 0 Å². The Balaban J connectivity index is 3.04. The van der Waals surface area contributed by atoms with E-state index in [-0.39, 0.29) is 6.29 Å². The van der Waals surface area contributed by atoms with Gasteiger partial charge in [0.25, 0.3) is 0 Å². The molecule has 0 amide bonds. The third-order valence-corrected chi connectivity index (χ3v) is 0.928. The molecule has 0 saturated heterocycles. The standard InChI is InChI=1S/C7H14O3/c1-4-9-7(2)10-6-5-8-3/h4,7H,1,5-6H2,2-3H3. The van der Waals surface area contributed by atoms with Crippen LogP contribution in [0.25, 0.3) is 0 Å². The molecule has 0 fully saturated rings. The molecule has 0 aromatic carbocycles. The number of ether oxygens (including phenoxy) is 3. The molecule has 0 heterocycles. The molecule has 0 aliphatic rings. The van der Waals surface area contributed by atoms with Crippen LogP contribution in [-0.4, -0.2) is 26.6 Å². The second-order valence-electron chi connectivity index (χ2n) is 1.73. The fourth-order valence-electron chi connectivity index (χ4n) is 0.472. The van der Waals surface area contributed by atoms with Crippen LogP contribution < -0.4 is 0 Å². The van der Waals surface area contributed by atoms with Gasteiger partial charge in [-0.3, -0.25) is 0 Å². The van der Waals surface area contributed by atoms with Crippen molar-refractivity contribution >= 4 is 0 Å². The van der Waals surface area contributed by atoms with E-state index < -0.39 is 0 Å². The van der Waals surface area contributed by atoms with Gasteiger partial charge in [-0.05, 0) is 6.92 Å². The van der Waals surface area contributed by atoms with E-state index in [0.717, 1.165) is 0 Å². The minimum Gasteiger partial charge on any atom is -0.473 e. The highest BCUT2D eigenvalue weighted by Gasteiger charge is 1.96. The molecule has 10 heavy (non-hydrogen) atoms. The van der Waals surface area contributed by atoms with Gasteiger partial charge >= 0.3 is 0 Å². The van der Waals surface area contributed by atoms with E-state index in [2.05, 4.69) is 6.58 Å². The van der Waals surface area contributed by atoms with Crippen molar-refractivity contribution in [3.63, 3.8) is 0 Å². The Morgan fingerprint density at radius 2 is 2.20 bits per heavy atom. The fourth-order valence-corrected chi connectivity index (χ4v) is 0.472. The maximum absolute atomic E-state index is 5.10. The largest absolute Gasteiger partial charge is 0.473 e. The lowest BCUT2D eigenvalue weighted by Crippen LogP contribution is -2.13. The maximum Gasteiger partial charge on any atom is 0.196 e. The Morgan fingerprint density at radius 3 is 2.70 bits per heavy atom. The molecular formula is C7H14O3. The summed E-state index contributed by atoms with van der Waals surface area (Å²) in [5.74, 6) is 0. The van der Waals surface area contributed by atoms with Gasteiger partial charge in [0.2, 0.25) is 0 Å². The molecule has 0 bridgehead atoms. The molecule has 60 valence electrons. The van der Waals surface area contributed by atoms with Crippen molar-refractivity contribution in [2.45, 2.75) is 13.2 Å². The third-order valence-electron chi connectivity index (χ3n) is 0.928. The van der Waals surface area contributed by atoms with E-state index >= 15 is 0 Å². The van der Waals surface area contributed by atoms with Crippen molar-refractivity contribution < 1.29 is 14.2 Å². The smallest absolute Gasteiger partial charge is 0.196 e. The fraction of sp³-hybridized carbons (Fsp3) is 0.714. The summed E-state index contributed by atoms with van der Waals surface area (Å²) in [6.45, 7) is 6.33. The van der Waals surface area contributed by atoms with Crippen molar-refractivity contribution in [1.82, 2.24) is 0 Å². The summed E-state index contributed by atoms with van der Waals surface area (Å²) in [7, 11) is 1.63. The maximum atomic E-state index is 5.10. The third kappa shape index (κ3) is 5.59. The molecule has 0 aliphatic carbocycles. The first-order chi connectivity index (χ1) is 4.81. The second kappa shape index (κ2) is 6.58. The topological polar surface area (TPSA) is 27.7 Å². The summed E-state index contributed by atoms with van der Waals surface area (Å²) in [6.07, 6.45) is 1.13. The Labute approximate surface area is 61.6 Å². The molecule has 0 aromatic heterocycles. The van der Waals surface area contributed by atoms with E-state index in [1.807, 2.05) is 0 Å². The predicted octanol–water partition coefficient (Wildman–Crippen LogP) is 1.16. The van der Waals surface area contributed by atoms with Gasteiger partial charge < -0.3 is 14.2 Å². The van der Waals surface area contributed by atoms with Gasteiger partial charge in [0.1, 0.15) is 0 Å². The molecule has 1 atom stereocenters. The predicted molar refractivity (Wildman–Crippen MR) is 38.6 cm³/mol. The SMILES string of the molecule is C=COC(C)OCCOC. The normalized spacial score (nSPS) is 12.6. The van der Waals surface area contributed by atoms with Gasteiger partial charge in [-0.1, -0.05) is 6.58 Å². The molecule has 0 radical (unpaired) electrons. The summed E-state index contributed by atoms with van der Waals surface area (Å²) in [6, 6.07) is 0. The summed E-state index contributed by atoms with van der Waals surface area (Å²) in [5.41, 5.74) is 0. The van der Waals surface area contributed by atoms with Crippen LogP contribution in [0.5, 0.6) is 0 Å². The average Bonchev–Trinajstić information content (AvgIpc) is 1.89. The number of hydrogen-bond acceptors (Lipinski definition) is 3. The minimum absolute atomic E-state index is 0.229. The van der Waals surface area contributed by atoms with E-state index in [1.54, 1.807) is 14.0 Å². The first kappa shape index (κ1) is 9.46. The number of rotatable bonds is 6. The van der Waals surface area contributed by atoms with Crippen molar-refractivity contribution in [3.05, 3.63) is 12.8 Å². The summed E-state index contributed by atoms with van der Waals surface area (Å²) in [5, 5.41) is 0. The summed E-state index contributed by atoms with van der Waals surface area (Å²) < 4.78 is 14.7. The van der Waals surface area contributed by atoms with Crippen molar-refractivity contribution in [2.24, 2.45) is 0 Å². The Morgan fingerprint density at radius 1 is 1.50 bits per heavy atom. The van der Waals surface area contributed by atoms with E-state index in [1.165, 1.54) is 6.26 Å². The lowest BCUT2D eigenvalue weighted by Gasteiger charge is -2.10. The molecule has 0 aromatic rings. The monoisotopic (exact) mass is 146 g/mol. The molecule has 0 saturated carbocycles. The lowest BCUT2D eigenvalue weighted by atomic mass is 10.7. The highest BCUT2D eigenvalue weighted by atomic mass is 16.7. The van der Waals surface area contributed by atoms with Crippen LogP contribution in [0.4, 0.5) is 0 Å². The number of hydrogen-bond donors (Lipinski definition) is 0. The molecule has 3 heteroatoms. The Hall–Kier alpha value is -0.540. The zero-order chi connectivity index (χ0) is 7.82. The zero-order valence-corrected chi connectivity index (χ0v) is 6.50. The van der Waals surface area contributed by atoms with E-state index in [0.29, 0.717) is 13.2 Å². The van der Waals surface area contributed by atoms with Crippen LogP contribution in [0.1, 0.15) is 6.92 Å². The molecule has 0 rings (SSSR count). The van der Waals surface area contributed by atoms with Crippen molar-refractivity contribution in [2.75, 3.05) is 20.3 Å². The first-order valence-electron chi connectivity index (χ1n) is 3.18. The Bertz CT molecular complexity index is 82.9. The lowest BCUT2D eigenvalue weighted by molar-refractivity contribution is -0.103. The van der Waals surface area contributed by atoms with Gasteiger partial charge in [0.05, 0.1) is 19.5 Å². The number of methoxy groups -OCH3 is 1. The second-order valence-corrected chi connectivity index (χ2v) is 1.73. The molecular weight excluding hydrogens is 132 g/mol. The summed E-state index contributed by atoms with van der Waals surface area (Å²) in [4.78, 5) is 0. The van der Waals surface area contributed by atoms with E-state index in [9.17, 15) is 0 Å². The molecule has 0 aliphatic heterocycles. The molecule has 3 nitrogen and oxygen atoms in total. The average molecular weight is 146 g/mol. The highest BCUT2D eigenvalue weighted by Crippen LogP contribution is 1.92. The van der Waals surface area contributed by atoms with Gasteiger partial charge in [-0.25, -0.2) is 0 Å². The molecule has 1 unspecified atom stereocenters. The van der Waals surface area contributed by atoms with Crippen LogP contribution in [0.3, 0.4) is 0 Å². The Kier molecular flexibility index (Phi) is 6.22. The van der Waals surface area contributed by atoms with Gasteiger partial charge in [0.15, 0.2) is 6.29 Å². The zero-order valence-electron chi connectivity index (χ0n) is 6.50. The first-order valence-corrected chi connectivity index (χ1v) is 3.18. The van der Waals surface area contributed by atoms with Gasteiger partial charge in [-0.15, -0.1) is 0 Å². The van der Waals surface area contributed by atoms with Crippen LogP contribution >= 0.6 is 0 Å².